The van der Waals surface area contributed by atoms with Gasteiger partial charge in [0.25, 0.3) is 0 Å². The highest BCUT2D eigenvalue weighted by molar-refractivity contribution is 5.48. The quantitative estimate of drug-likeness (QED) is 0.0670. The summed E-state index contributed by atoms with van der Waals surface area (Å²) in [7, 11) is 0. The summed E-state index contributed by atoms with van der Waals surface area (Å²) >= 11 is 0. The smallest absolute Gasteiger partial charge is 0.157 e. The molecule has 0 heterocycles. The molecule has 32 heavy (non-hydrogen) atoms. The standard InChI is InChI=1S/C29H58O3/c1-3-5-7-9-11-15-19-23-27-31-29(25-21-17-13-14-18-22-26-30)32-28-24-20-16-12-10-8-6-4-2/h26,29H,3-25,27-28H2,1-2H3. The molecule has 0 aliphatic rings. The molecule has 3 nitrogen and oxygen atoms in total. The Morgan fingerprint density at radius 1 is 0.500 bits per heavy atom. The Kier molecular flexibility index (Phi) is 28.3. The van der Waals surface area contributed by atoms with Crippen molar-refractivity contribution in [2.45, 2.75) is 168 Å². The van der Waals surface area contributed by atoms with Crippen molar-refractivity contribution in [2.75, 3.05) is 13.2 Å². The first kappa shape index (κ1) is 31.6. The molecular formula is C29H58O3. The number of carbonyl (C=O) groups is 1. The molecule has 0 aromatic rings. The molecule has 0 spiro atoms. The minimum absolute atomic E-state index is 0.0147. The molecule has 0 N–H and O–H groups in total. The van der Waals surface area contributed by atoms with Crippen LogP contribution in [0, 0.1) is 0 Å². The van der Waals surface area contributed by atoms with Gasteiger partial charge >= 0.3 is 0 Å². The van der Waals surface area contributed by atoms with Gasteiger partial charge in [-0.3, -0.25) is 0 Å². The summed E-state index contributed by atoms with van der Waals surface area (Å²) < 4.78 is 12.3. The van der Waals surface area contributed by atoms with E-state index in [2.05, 4.69) is 13.8 Å². The molecule has 0 bridgehead atoms. The van der Waals surface area contributed by atoms with Crippen LogP contribution in [0.1, 0.15) is 162 Å². The van der Waals surface area contributed by atoms with E-state index in [0.717, 1.165) is 45.2 Å². The van der Waals surface area contributed by atoms with Crippen LogP contribution in [0.5, 0.6) is 0 Å². The molecule has 3 heteroatoms. The molecule has 0 aromatic carbocycles. The molecule has 0 unspecified atom stereocenters. The second kappa shape index (κ2) is 28.6. The normalized spacial score (nSPS) is 11.5. The number of rotatable bonds is 28. The minimum atomic E-state index is -0.0147. The van der Waals surface area contributed by atoms with Gasteiger partial charge in [-0.1, -0.05) is 123 Å². The monoisotopic (exact) mass is 454 g/mol. The lowest BCUT2D eigenvalue weighted by Crippen LogP contribution is -2.19. The van der Waals surface area contributed by atoms with E-state index in [1.807, 2.05) is 0 Å². The Labute approximate surface area is 201 Å². The van der Waals surface area contributed by atoms with Crippen LogP contribution in [0.2, 0.25) is 0 Å². The molecule has 0 aliphatic heterocycles. The number of hydrogen-bond acceptors (Lipinski definition) is 3. The molecule has 0 atom stereocenters. The maximum atomic E-state index is 10.4. The number of carbonyl (C=O) groups excluding carboxylic acids is 1. The van der Waals surface area contributed by atoms with E-state index >= 15 is 0 Å². The molecule has 0 fully saturated rings. The van der Waals surface area contributed by atoms with E-state index in [-0.39, 0.29) is 6.29 Å². The second-order valence-electron chi connectivity index (χ2n) is 9.63. The van der Waals surface area contributed by atoms with Gasteiger partial charge in [-0.2, -0.15) is 0 Å². The first-order chi connectivity index (χ1) is 15.8. The second-order valence-corrected chi connectivity index (χ2v) is 9.63. The Bertz CT molecular complexity index is 323. The molecule has 0 aliphatic carbocycles. The lowest BCUT2D eigenvalue weighted by Gasteiger charge is -2.19. The molecule has 0 saturated heterocycles. The van der Waals surface area contributed by atoms with Crippen LogP contribution in [0.25, 0.3) is 0 Å². The molecule has 0 saturated carbocycles. The highest BCUT2D eigenvalue weighted by atomic mass is 16.7. The zero-order chi connectivity index (χ0) is 23.4. The lowest BCUT2D eigenvalue weighted by atomic mass is 10.1. The van der Waals surface area contributed by atoms with Crippen molar-refractivity contribution in [1.82, 2.24) is 0 Å². The highest BCUT2D eigenvalue weighted by Gasteiger charge is 2.09. The van der Waals surface area contributed by atoms with Gasteiger partial charge in [0.2, 0.25) is 0 Å². The summed E-state index contributed by atoms with van der Waals surface area (Å²) in [5, 5.41) is 0. The Hall–Kier alpha value is -0.410. The summed E-state index contributed by atoms with van der Waals surface area (Å²) in [6.07, 6.45) is 29.9. The van der Waals surface area contributed by atoms with E-state index in [0.29, 0.717) is 6.42 Å². The summed E-state index contributed by atoms with van der Waals surface area (Å²) in [6, 6.07) is 0. The van der Waals surface area contributed by atoms with Gasteiger partial charge in [0.05, 0.1) is 0 Å². The SMILES string of the molecule is CCCCCCCCCCOC(CCCCCCCC=O)OCCCCCCCCCC. The van der Waals surface area contributed by atoms with Gasteiger partial charge in [-0.15, -0.1) is 0 Å². The van der Waals surface area contributed by atoms with Crippen molar-refractivity contribution in [3.8, 4) is 0 Å². The van der Waals surface area contributed by atoms with Crippen molar-refractivity contribution in [1.29, 1.82) is 0 Å². The Morgan fingerprint density at radius 2 is 0.875 bits per heavy atom. The highest BCUT2D eigenvalue weighted by Crippen LogP contribution is 2.14. The van der Waals surface area contributed by atoms with E-state index < -0.39 is 0 Å². The van der Waals surface area contributed by atoms with Crippen LogP contribution >= 0.6 is 0 Å². The van der Waals surface area contributed by atoms with Gasteiger partial charge in [0.15, 0.2) is 6.29 Å². The van der Waals surface area contributed by atoms with Gasteiger partial charge in [0.1, 0.15) is 6.29 Å². The van der Waals surface area contributed by atoms with E-state index in [9.17, 15) is 4.79 Å². The first-order valence-electron chi connectivity index (χ1n) is 14.5. The Morgan fingerprint density at radius 3 is 1.31 bits per heavy atom. The van der Waals surface area contributed by atoms with E-state index in [1.54, 1.807) is 0 Å². The van der Waals surface area contributed by atoms with Crippen LogP contribution in [-0.4, -0.2) is 25.8 Å². The van der Waals surface area contributed by atoms with Crippen molar-refractivity contribution in [2.24, 2.45) is 0 Å². The van der Waals surface area contributed by atoms with Crippen LogP contribution < -0.4 is 0 Å². The van der Waals surface area contributed by atoms with Crippen molar-refractivity contribution in [3.05, 3.63) is 0 Å². The fourth-order valence-corrected chi connectivity index (χ4v) is 4.19. The van der Waals surface area contributed by atoms with Gasteiger partial charge in [0, 0.05) is 19.6 Å². The predicted octanol–water partition coefficient (Wildman–Crippen LogP) is 9.56. The third-order valence-electron chi connectivity index (χ3n) is 6.37. The third-order valence-corrected chi connectivity index (χ3v) is 6.37. The zero-order valence-electron chi connectivity index (χ0n) is 22.1. The summed E-state index contributed by atoms with van der Waals surface area (Å²) in [6.45, 7) is 6.24. The first-order valence-corrected chi connectivity index (χ1v) is 14.5. The third kappa shape index (κ3) is 25.8. The molecule has 0 amide bonds. The van der Waals surface area contributed by atoms with E-state index in [1.165, 1.54) is 116 Å². The number of ether oxygens (including phenoxy) is 2. The van der Waals surface area contributed by atoms with Gasteiger partial charge in [-0.25, -0.2) is 0 Å². The summed E-state index contributed by atoms with van der Waals surface area (Å²) in [5.74, 6) is 0. The summed E-state index contributed by atoms with van der Waals surface area (Å²) in [5.41, 5.74) is 0. The summed E-state index contributed by atoms with van der Waals surface area (Å²) in [4.78, 5) is 10.4. The topological polar surface area (TPSA) is 35.5 Å². The minimum Gasteiger partial charge on any atom is -0.353 e. The average molecular weight is 455 g/mol. The predicted molar refractivity (Wildman–Crippen MR) is 139 cm³/mol. The molecule has 0 rings (SSSR count). The fraction of sp³-hybridized carbons (Fsp3) is 0.966. The molecule has 0 radical (unpaired) electrons. The number of aldehydes is 1. The largest absolute Gasteiger partial charge is 0.353 e. The van der Waals surface area contributed by atoms with Crippen molar-refractivity contribution in [3.63, 3.8) is 0 Å². The maximum absolute atomic E-state index is 10.4. The zero-order valence-corrected chi connectivity index (χ0v) is 22.1. The van der Waals surface area contributed by atoms with E-state index in [4.69, 9.17) is 9.47 Å². The molecule has 192 valence electrons. The van der Waals surface area contributed by atoms with Crippen LogP contribution in [0.15, 0.2) is 0 Å². The average Bonchev–Trinajstić information content (AvgIpc) is 2.80. The van der Waals surface area contributed by atoms with Crippen LogP contribution in [0.3, 0.4) is 0 Å². The molecular weight excluding hydrogens is 396 g/mol. The Balaban J connectivity index is 3.83. The lowest BCUT2D eigenvalue weighted by molar-refractivity contribution is -0.148. The van der Waals surface area contributed by atoms with Crippen molar-refractivity contribution < 1.29 is 14.3 Å². The van der Waals surface area contributed by atoms with Crippen LogP contribution in [-0.2, 0) is 14.3 Å². The molecule has 0 aromatic heterocycles. The number of unbranched alkanes of at least 4 members (excludes halogenated alkanes) is 19. The van der Waals surface area contributed by atoms with Gasteiger partial charge in [-0.05, 0) is 32.1 Å². The number of hydrogen-bond donors (Lipinski definition) is 0. The fourth-order valence-electron chi connectivity index (χ4n) is 4.19. The van der Waals surface area contributed by atoms with Crippen LogP contribution in [0.4, 0.5) is 0 Å². The maximum Gasteiger partial charge on any atom is 0.157 e. The van der Waals surface area contributed by atoms with Gasteiger partial charge < -0.3 is 14.3 Å². The van der Waals surface area contributed by atoms with Crippen molar-refractivity contribution >= 4 is 6.29 Å².